The van der Waals surface area contributed by atoms with Crippen LogP contribution in [0.3, 0.4) is 0 Å². The quantitative estimate of drug-likeness (QED) is 0.133. The topological polar surface area (TPSA) is 100 Å². The number of thioether (sulfide) groups is 1. The summed E-state index contributed by atoms with van der Waals surface area (Å²) in [7, 11) is 0. The summed E-state index contributed by atoms with van der Waals surface area (Å²) in [6.45, 7) is 9.06. The zero-order valence-electron chi connectivity index (χ0n) is 19.6. The van der Waals surface area contributed by atoms with Gasteiger partial charge in [0.05, 0.1) is 25.9 Å². The first-order chi connectivity index (χ1) is 17.4. The number of hydrogen-bond acceptors (Lipinski definition) is 9. The lowest BCUT2D eigenvalue weighted by molar-refractivity contribution is -0.115. The molecular formula is C25H25IN6O2S2. The van der Waals surface area contributed by atoms with E-state index in [4.69, 9.17) is 4.98 Å². The predicted octanol–water partition coefficient (Wildman–Crippen LogP) is 4.90. The molecule has 4 rings (SSSR count). The molecule has 4 heterocycles. The number of alkyl halides is 1. The third-order valence-electron chi connectivity index (χ3n) is 5.36. The zero-order valence-corrected chi connectivity index (χ0v) is 23.4. The Labute approximate surface area is 231 Å². The number of nitrogens with zero attached hydrogens (tertiary/aromatic N) is 4. The number of halogens is 1. The summed E-state index contributed by atoms with van der Waals surface area (Å²) in [6.07, 6.45) is 3.27. The smallest absolute Gasteiger partial charge is 0.290 e. The van der Waals surface area contributed by atoms with Gasteiger partial charge >= 0.3 is 0 Å². The van der Waals surface area contributed by atoms with Crippen LogP contribution in [0.15, 0.2) is 64.3 Å². The highest BCUT2D eigenvalue weighted by Crippen LogP contribution is 2.25. The second-order valence-corrected chi connectivity index (χ2v) is 11.2. The van der Waals surface area contributed by atoms with Crippen LogP contribution in [0.25, 0.3) is 17.3 Å². The molecule has 3 aromatic rings. The van der Waals surface area contributed by atoms with Crippen LogP contribution < -0.4 is 15.5 Å². The van der Waals surface area contributed by atoms with E-state index in [-0.39, 0.29) is 9.16 Å². The van der Waals surface area contributed by atoms with E-state index in [1.54, 1.807) is 29.7 Å². The Morgan fingerprint density at radius 1 is 1.28 bits per heavy atom. The van der Waals surface area contributed by atoms with Crippen molar-refractivity contribution in [3.8, 4) is 11.3 Å². The van der Waals surface area contributed by atoms with E-state index in [0.717, 1.165) is 34.3 Å². The molecule has 0 radical (unpaired) electrons. The second-order valence-electron chi connectivity index (χ2n) is 7.93. The lowest BCUT2D eigenvalue weighted by atomic mass is 10.2. The molecule has 3 aromatic heterocycles. The minimum Gasteiger partial charge on any atom is -0.340 e. The summed E-state index contributed by atoms with van der Waals surface area (Å²) >= 11 is 4.93. The summed E-state index contributed by atoms with van der Waals surface area (Å²) in [4.78, 5) is 39.4. The summed E-state index contributed by atoms with van der Waals surface area (Å²) < 4.78 is 0.166. The Morgan fingerprint density at radius 3 is 2.86 bits per heavy atom. The third-order valence-corrected chi connectivity index (χ3v) is 8.12. The van der Waals surface area contributed by atoms with Crippen molar-refractivity contribution in [2.45, 2.75) is 17.4 Å². The maximum atomic E-state index is 11.8. The van der Waals surface area contributed by atoms with Gasteiger partial charge in [0, 0.05) is 43.3 Å². The van der Waals surface area contributed by atoms with Gasteiger partial charge in [-0.05, 0) is 60.0 Å². The Kier molecular flexibility index (Phi) is 9.24. The van der Waals surface area contributed by atoms with Crippen molar-refractivity contribution in [2.75, 3.05) is 24.5 Å². The number of hydrogen-bond donors (Lipinski definition) is 2. The first-order valence-electron chi connectivity index (χ1n) is 11.3. The van der Waals surface area contributed by atoms with Gasteiger partial charge in [0.25, 0.3) is 11.1 Å². The summed E-state index contributed by atoms with van der Waals surface area (Å²) in [6, 6.07) is 9.88. The number of rotatable bonds is 11. The van der Waals surface area contributed by atoms with E-state index in [9.17, 15) is 9.59 Å². The fourth-order valence-electron chi connectivity index (χ4n) is 3.44. The molecule has 0 saturated carbocycles. The van der Waals surface area contributed by atoms with Crippen LogP contribution in [0, 0.1) is 0 Å². The number of carbonyl (C=O) groups is 2. The van der Waals surface area contributed by atoms with Crippen molar-refractivity contribution in [2.24, 2.45) is 0 Å². The van der Waals surface area contributed by atoms with E-state index < -0.39 is 5.91 Å². The number of carbonyl (C=O) groups excluding carboxylic acids is 2. The molecule has 1 aliphatic heterocycles. The van der Waals surface area contributed by atoms with Crippen molar-refractivity contribution in [3.05, 3.63) is 75.7 Å². The summed E-state index contributed by atoms with van der Waals surface area (Å²) in [5, 5.41) is 9.49. The predicted molar refractivity (Wildman–Crippen MR) is 155 cm³/mol. The van der Waals surface area contributed by atoms with Crippen LogP contribution in [0.5, 0.6) is 0 Å². The monoisotopic (exact) mass is 632 g/mol. The highest BCUT2D eigenvalue weighted by molar-refractivity contribution is 14.1. The van der Waals surface area contributed by atoms with E-state index in [2.05, 4.69) is 71.5 Å². The molecule has 11 heteroatoms. The molecule has 2 amide bonds. The number of nitrogens with one attached hydrogen (secondary N) is 2. The Balaban J connectivity index is 1.32. The van der Waals surface area contributed by atoms with Gasteiger partial charge in [0.1, 0.15) is 0 Å². The van der Waals surface area contributed by atoms with Crippen LogP contribution >= 0.6 is 45.7 Å². The van der Waals surface area contributed by atoms with E-state index in [0.29, 0.717) is 42.7 Å². The molecule has 1 aliphatic rings. The van der Waals surface area contributed by atoms with Crippen molar-refractivity contribution in [1.82, 2.24) is 25.6 Å². The van der Waals surface area contributed by atoms with Crippen LogP contribution in [0.1, 0.15) is 18.3 Å². The normalized spacial score (nSPS) is 15.2. The van der Waals surface area contributed by atoms with Crippen LogP contribution in [0.4, 0.5) is 10.7 Å². The number of pyridine rings is 1. The maximum Gasteiger partial charge on any atom is 0.290 e. The number of thiophene rings is 1. The average Bonchev–Trinajstić information content (AvgIpc) is 3.52. The lowest BCUT2D eigenvalue weighted by Gasteiger charge is -2.25. The lowest BCUT2D eigenvalue weighted by Crippen LogP contribution is -2.33. The molecule has 0 aromatic carbocycles. The van der Waals surface area contributed by atoms with Gasteiger partial charge in [-0.25, -0.2) is 9.97 Å². The minimum atomic E-state index is -0.401. The molecule has 1 atom stereocenters. The summed E-state index contributed by atoms with van der Waals surface area (Å²) in [5.74, 6) is 0.167. The average molecular weight is 633 g/mol. The van der Waals surface area contributed by atoms with Gasteiger partial charge in [0.2, 0.25) is 5.95 Å². The van der Waals surface area contributed by atoms with Crippen LogP contribution in [-0.4, -0.2) is 49.7 Å². The van der Waals surface area contributed by atoms with Gasteiger partial charge in [-0.15, -0.1) is 0 Å². The minimum absolute atomic E-state index is 0.166. The molecule has 0 bridgehead atoms. The third kappa shape index (κ3) is 6.99. The fourth-order valence-corrected chi connectivity index (χ4v) is 5.45. The fraction of sp³-hybridized carbons (Fsp3) is 0.240. The maximum absolute atomic E-state index is 11.8. The number of imide groups is 1. The van der Waals surface area contributed by atoms with Crippen molar-refractivity contribution >= 4 is 68.9 Å². The molecule has 0 aliphatic carbocycles. The van der Waals surface area contributed by atoms with Gasteiger partial charge in [-0.2, -0.15) is 11.3 Å². The van der Waals surface area contributed by atoms with Crippen molar-refractivity contribution in [3.63, 3.8) is 0 Å². The molecule has 0 spiro atoms. The standard InChI is InChI=1S/C25H25IN6O2S2/c1-3-32(24-28-9-7-18(30-24)11-22-23(33)31-25(34)36-22)14-20(26)16(2)12-27-13-19-5-4-6-21(29-19)17-8-10-35-15-17/h4-11,15,20,27H,2-3,12-14H2,1H3,(H,31,33,34)/b22-11-/t20-/m1/s1. The number of aromatic nitrogens is 3. The molecule has 1 fully saturated rings. The molecule has 2 N–H and O–H groups in total. The van der Waals surface area contributed by atoms with Crippen LogP contribution in [0.2, 0.25) is 0 Å². The molecule has 36 heavy (non-hydrogen) atoms. The van der Waals surface area contributed by atoms with E-state index in [1.807, 2.05) is 25.1 Å². The largest absolute Gasteiger partial charge is 0.340 e. The van der Waals surface area contributed by atoms with Gasteiger partial charge in [-0.1, -0.05) is 35.2 Å². The Morgan fingerprint density at radius 2 is 2.14 bits per heavy atom. The van der Waals surface area contributed by atoms with Crippen molar-refractivity contribution < 1.29 is 9.59 Å². The zero-order chi connectivity index (χ0) is 25.5. The van der Waals surface area contributed by atoms with Gasteiger partial charge in [0.15, 0.2) is 0 Å². The highest BCUT2D eigenvalue weighted by Gasteiger charge is 2.25. The van der Waals surface area contributed by atoms with E-state index in [1.165, 1.54) is 0 Å². The number of anilines is 1. The molecule has 8 nitrogen and oxygen atoms in total. The molecular weight excluding hydrogens is 607 g/mol. The van der Waals surface area contributed by atoms with Crippen molar-refractivity contribution in [1.29, 1.82) is 0 Å². The summed E-state index contributed by atoms with van der Waals surface area (Å²) in [5.41, 5.74) is 4.75. The SMILES string of the molecule is C=C(CNCc1cccc(-c2ccsc2)n1)[C@H](I)CN(CC)c1nccc(/C=C2\SC(=O)NC2=O)n1. The first kappa shape index (κ1) is 26.5. The highest BCUT2D eigenvalue weighted by atomic mass is 127. The Bertz CT molecular complexity index is 1280. The van der Waals surface area contributed by atoms with Crippen LogP contribution in [-0.2, 0) is 11.3 Å². The Hall–Kier alpha value is -2.61. The van der Waals surface area contributed by atoms with E-state index >= 15 is 0 Å². The second kappa shape index (κ2) is 12.6. The first-order valence-corrected chi connectivity index (χ1v) is 14.3. The van der Waals surface area contributed by atoms with Gasteiger partial charge < -0.3 is 10.2 Å². The van der Waals surface area contributed by atoms with Gasteiger partial charge in [-0.3, -0.25) is 19.9 Å². The molecule has 1 saturated heterocycles. The molecule has 0 unspecified atom stereocenters. The number of amides is 2. The molecule has 186 valence electrons.